The van der Waals surface area contributed by atoms with E-state index in [9.17, 15) is 14.4 Å². The molecule has 0 aliphatic heterocycles. The minimum atomic E-state index is -0.495. The Balaban J connectivity index is 1.58. The fraction of sp³-hybridized carbons (Fsp3) is 0.100. The second-order valence-electron chi connectivity index (χ2n) is 5.93. The largest absolute Gasteiger partial charge is 0.343 e. The van der Waals surface area contributed by atoms with Crippen LogP contribution < -0.4 is 16.3 Å². The fourth-order valence-corrected chi connectivity index (χ4v) is 2.56. The molecule has 3 aromatic rings. The van der Waals surface area contributed by atoms with Crippen LogP contribution >= 0.6 is 0 Å². The van der Waals surface area contributed by atoms with Crippen molar-refractivity contribution in [3.8, 4) is 0 Å². The molecule has 0 aliphatic rings. The zero-order valence-electron chi connectivity index (χ0n) is 14.7. The molecule has 1 heterocycles. The number of hydrogen-bond donors (Lipinski definition) is 3. The molecule has 3 N–H and O–H groups in total. The Morgan fingerprint density at radius 1 is 1.11 bits per heavy atom. The molecule has 0 saturated carbocycles. The van der Waals surface area contributed by atoms with Gasteiger partial charge >= 0.3 is 0 Å². The fourth-order valence-electron chi connectivity index (χ4n) is 2.56. The summed E-state index contributed by atoms with van der Waals surface area (Å²) in [5.41, 5.74) is 4.36. The molecule has 0 unspecified atom stereocenters. The lowest BCUT2D eigenvalue weighted by Gasteiger charge is -2.06. The molecule has 0 bridgehead atoms. The first kappa shape index (κ1) is 18.1. The number of carbonyl (C=O) groups is 2. The summed E-state index contributed by atoms with van der Waals surface area (Å²) in [5.74, 6) is -0.830. The Morgan fingerprint density at radius 2 is 1.85 bits per heavy atom. The number of H-pyrrole nitrogens is 1. The molecule has 7 heteroatoms. The summed E-state index contributed by atoms with van der Waals surface area (Å²) in [6.45, 7) is 1.60. The number of benzene rings is 2. The van der Waals surface area contributed by atoms with E-state index in [4.69, 9.17) is 0 Å². The van der Waals surface area contributed by atoms with Gasteiger partial charge in [-0.15, -0.1) is 0 Å². The van der Waals surface area contributed by atoms with E-state index in [2.05, 4.69) is 20.8 Å². The standard InChI is InChI=1S/C20H18N4O3/c1-13-6-2-4-8-16(13)20(27)21-12-18(25)24-22-11-15-10-14-7-3-5-9-17(14)23-19(15)26/h2-11H,12H2,1H3,(H,21,27)(H,23,26)(H,24,25)/b22-11+. The van der Waals surface area contributed by atoms with Crippen LogP contribution in [0.3, 0.4) is 0 Å². The molecule has 2 amide bonds. The van der Waals surface area contributed by atoms with Crippen LogP contribution in [-0.2, 0) is 4.79 Å². The van der Waals surface area contributed by atoms with E-state index >= 15 is 0 Å². The van der Waals surface area contributed by atoms with E-state index in [0.29, 0.717) is 11.1 Å². The van der Waals surface area contributed by atoms with Crippen LogP contribution in [0.2, 0.25) is 0 Å². The van der Waals surface area contributed by atoms with Gasteiger partial charge in [0, 0.05) is 11.1 Å². The summed E-state index contributed by atoms with van der Waals surface area (Å²) in [6, 6.07) is 16.1. The molecule has 0 spiro atoms. The number of pyridine rings is 1. The first-order valence-corrected chi connectivity index (χ1v) is 8.32. The Labute approximate surface area is 155 Å². The molecule has 0 saturated heterocycles. The van der Waals surface area contributed by atoms with Gasteiger partial charge in [0.25, 0.3) is 17.4 Å². The summed E-state index contributed by atoms with van der Waals surface area (Å²) in [6.07, 6.45) is 1.27. The van der Waals surface area contributed by atoms with Crippen LogP contribution in [0.25, 0.3) is 10.9 Å². The molecule has 7 nitrogen and oxygen atoms in total. The number of carbonyl (C=O) groups excluding carboxylic acids is 2. The number of fused-ring (bicyclic) bond motifs is 1. The van der Waals surface area contributed by atoms with Gasteiger partial charge < -0.3 is 10.3 Å². The number of aryl methyl sites for hydroxylation is 1. The van der Waals surface area contributed by atoms with Crippen LogP contribution in [0.15, 0.2) is 64.5 Å². The Kier molecular flexibility index (Phi) is 5.41. The predicted molar refractivity (Wildman–Crippen MR) is 104 cm³/mol. The van der Waals surface area contributed by atoms with Gasteiger partial charge in [0.2, 0.25) is 0 Å². The third kappa shape index (κ3) is 4.46. The highest BCUT2D eigenvalue weighted by molar-refractivity contribution is 5.97. The van der Waals surface area contributed by atoms with E-state index in [0.717, 1.165) is 16.5 Å². The van der Waals surface area contributed by atoms with Crippen molar-refractivity contribution in [2.45, 2.75) is 6.92 Å². The summed E-state index contributed by atoms with van der Waals surface area (Å²) < 4.78 is 0. The number of nitrogens with one attached hydrogen (secondary N) is 3. The summed E-state index contributed by atoms with van der Waals surface area (Å²) in [4.78, 5) is 38.6. The van der Waals surface area contributed by atoms with Crippen molar-refractivity contribution in [3.63, 3.8) is 0 Å². The van der Waals surface area contributed by atoms with E-state index in [1.807, 2.05) is 37.3 Å². The van der Waals surface area contributed by atoms with Crippen LogP contribution in [-0.4, -0.2) is 29.6 Å². The quantitative estimate of drug-likeness (QED) is 0.475. The second kappa shape index (κ2) is 8.09. The molecule has 0 atom stereocenters. The Bertz CT molecular complexity index is 1090. The molecular formula is C20H18N4O3. The maximum atomic E-state index is 12.1. The minimum Gasteiger partial charge on any atom is -0.343 e. The number of hydrazone groups is 1. The molecule has 0 radical (unpaired) electrons. The van der Waals surface area contributed by atoms with Gasteiger partial charge in [0.1, 0.15) is 0 Å². The van der Waals surface area contributed by atoms with Gasteiger partial charge in [-0.05, 0) is 36.1 Å². The van der Waals surface area contributed by atoms with E-state index in [-0.39, 0.29) is 18.0 Å². The van der Waals surface area contributed by atoms with Gasteiger partial charge in [-0.3, -0.25) is 14.4 Å². The molecule has 27 heavy (non-hydrogen) atoms. The van der Waals surface area contributed by atoms with Crippen molar-refractivity contribution in [2.24, 2.45) is 5.10 Å². The zero-order chi connectivity index (χ0) is 19.2. The molecule has 2 aromatic carbocycles. The van der Waals surface area contributed by atoms with Crippen molar-refractivity contribution in [3.05, 3.63) is 81.6 Å². The van der Waals surface area contributed by atoms with Gasteiger partial charge in [0.05, 0.1) is 18.3 Å². The third-order valence-electron chi connectivity index (χ3n) is 3.97. The number of hydrogen-bond acceptors (Lipinski definition) is 4. The highest BCUT2D eigenvalue weighted by atomic mass is 16.2. The maximum absolute atomic E-state index is 12.1. The molecular weight excluding hydrogens is 344 g/mol. The number of amides is 2. The SMILES string of the molecule is Cc1ccccc1C(=O)NCC(=O)N/N=C/c1cc2ccccc2[nH]c1=O. The number of rotatable bonds is 5. The first-order chi connectivity index (χ1) is 13.0. The topological polar surface area (TPSA) is 103 Å². The predicted octanol–water partition coefficient (Wildman–Crippen LogP) is 1.72. The summed E-state index contributed by atoms with van der Waals surface area (Å²) in [7, 11) is 0. The second-order valence-corrected chi connectivity index (χ2v) is 5.93. The lowest BCUT2D eigenvalue weighted by atomic mass is 10.1. The molecule has 0 fully saturated rings. The van der Waals surface area contributed by atoms with Crippen molar-refractivity contribution < 1.29 is 9.59 Å². The zero-order valence-corrected chi connectivity index (χ0v) is 14.7. The van der Waals surface area contributed by atoms with Crippen LogP contribution in [0.5, 0.6) is 0 Å². The normalized spacial score (nSPS) is 10.9. The Morgan fingerprint density at radius 3 is 2.67 bits per heavy atom. The van der Waals surface area contributed by atoms with Gasteiger partial charge in [-0.2, -0.15) is 5.10 Å². The number of para-hydroxylation sites is 1. The summed E-state index contributed by atoms with van der Waals surface area (Å²) in [5, 5.41) is 7.17. The van der Waals surface area contributed by atoms with E-state index < -0.39 is 5.91 Å². The van der Waals surface area contributed by atoms with Gasteiger partial charge in [0.15, 0.2) is 0 Å². The van der Waals surface area contributed by atoms with Gasteiger partial charge in [-0.25, -0.2) is 5.43 Å². The average Bonchev–Trinajstić information content (AvgIpc) is 2.67. The van der Waals surface area contributed by atoms with E-state index in [1.165, 1.54) is 6.21 Å². The first-order valence-electron chi connectivity index (χ1n) is 8.32. The van der Waals surface area contributed by atoms with Crippen molar-refractivity contribution in [2.75, 3.05) is 6.54 Å². The number of aromatic amines is 1. The number of nitrogens with zero attached hydrogens (tertiary/aromatic N) is 1. The van der Waals surface area contributed by atoms with E-state index in [1.54, 1.807) is 24.3 Å². The lowest BCUT2D eigenvalue weighted by Crippen LogP contribution is -2.35. The highest BCUT2D eigenvalue weighted by Crippen LogP contribution is 2.09. The monoisotopic (exact) mass is 362 g/mol. The maximum Gasteiger partial charge on any atom is 0.259 e. The Hall–Kier alpha value is -3.74. The van der Waals surface area contributed by atoms with Crippen molar-refractivity contribution in [1.29, 1.82) is 0 Å². The minimum absolute atomic E-state index is 0.224. The van der Waals surface area contributed by atoms with Crippen LogP contribution in [0, 0.1) is 6.92 Å². The average molecular weight is 362 g/mol. The van der Waals surface area contributed by atoms with Crippen molar-refractivity contribution in [1.82, 2.24) is 15.7 Å². The molecule has 136 valence electrons. The lowest BCUT2D eigenvalue weighted by molar-refractivity contribution is -0.120. The summed E-state index contributed by atoms with van der Waals surface area (Å²) >= 11 is 0. The van der Waals surface area contributed by atoms with Crippen molar-refractivity contribution >= 4 is 28.9 Å². The van der Waals surface area contributed by atoms with Crippen LogP contribution in [0.1, 0.15) is 21.5 Å². The molecule has 1 aromatic heterocycles. The number of aromatic nitrogens is 1. The molecule has 3 rings (SSSR count). The highest BCUT2D eigenvalue weighted by Gasteiger charge is 2.09. The molecule has 0 aliphatic carbocycles. The van der Waals surface area contributed by atoms with Gasteiger partial charge in [-0.1, -0.05) is 36.4 Å². The third-order valence-corrected chi connectivity index (χ3v) is 3.97. The van der Waals surface area contributed by atoms with Crippen LogP contribution in [0.4, 0.5) is 0 Å². The smallest absolute Gasteiger partial charge is 0.259 e.